The minimum absolute atomic E-state index is 0.203. The summed E-state index contributed by atoms with van der Waals surface area (Å²) >= 11 is 0. The quantitative estimate of drug-likeness (QED) is 0.403. The van der Waals surface area contributed by atoms with E-state index in [0.717, 1.165) is 5.76 Å². The highest BCUT2D eigenvalue weighted by Crippen LogP contribution is 2.10. The van der Waals surface area contributed by atoms with Crippen molar-refractivity contribution in [1.82, 2.24) is 0 Å². The van der Waals surface area contributed by atoms with Crippen LogP contribution in [0.15, 0.2) is 11.8 Å². The molecule has 0 N–H and O–H groups in total. The van der Waals surface area contributed by atoms with Gasteiger partial charge in [0.25, 0.3) is 0 Å². The Morgan fingerprint density at radius 1 is 1.36 bits per heavy atom. The summed E-state index contributed by atoms with van der Waals surface area (Å²) in [6.07, 6.45) is 2.07. The van der Waals surface area contributed by atoms with Gasteiger partial charge in [0.05, 0.1) is 18.8 Å². The van der Waals surface area contributed by atoms with Gasteiger partial charge in [0.15, 0.2) is 0 Å². The van der Waals surface area contributed by atoms with Crippen molar-refractivity contribution in [1.29, 1.82) is 0 Å². The number of allylic oxidation sites excluding steroid dienone is 1. The molecule has 0 amide bonds. The van der Waals surface area contributed by atoms with E-state index in [1.165, 1.54) is 0 Å². The zero-order valence-corrected chi connectivity index (χ0v) is 10.7. The highest BCUT2D eigenvalue weighted by atomic mass is 28.4. The average molecular weight is 216 g/mol. The van der Waals surface area contributed by atoms with Crippen molar-refractivity contribution in [2.45, 2.75) is 39.9 Å². The van der Waals surface area contributed by atoms with Gasteiger partial charge < -0.3 is 9.16 Å². The standard InChI is InChI=1S/C10H20O3Si/c1-6-12-10(11)8-7-9(2)13-14(3,4)5/h7H,6,8H2,1-5H3/b9-7-. The summed E-state index contributed by atoms with van der Waals surface area (Å²) in [4.78, 5) is 11.0. The first-order chi connectivity index (χ1) is 6.35. The van der Waals surface area contributed by atoms with Gasteiger partial charge in [-0.1, -0.05) is 0 Å². The van der Waals surface area contributed by atoms with E-state index in [1.807, 2.05) is 6.92 Å². The molecule has 3 nitrogen and oxygen atoms in total. The molecule has 0 heterocycles. The topological polar surface area (TPSA) is 35.5 Å². The average Bonchev–Trinajstić information content (AvgIpc) is 1.98. The van der Waals surface area contributed by atoms with Crippen LogP contribution in [0.2, 0.25) is 19.6 Å². The van der Waals surface area contributed by atoms with Crippen LogP contribution >= 0.6 is 0 Å². The van der Waals surface area contributed by atoms with Crippen molar-refractivity contribution in [2.75, 3.05) is 6.61 Å². The lowest BCUT2D eigenvalue weighted by atomic mass is 10.4. The van der Waals surface area contributed by atoms with E-state index in [4.69, 9.17) is 9.16 Å². The SMILES string of the molecule is CCOC(=O)C/C=C(/C)O[Si](C)(C)C. The first kappa shape index (κ1) is 13.2. The predicted molar refractivity (Wildman–Crippen MR) is 59.4 cm³/mol. The first-order valence-corrected chi connectivity index (χ1v) is 8.27. The summed E-state index contributed by atoms with van der Waals surface area (Å²) in [5.74, 6) is 0.614. The molecule has 0 aliphatic heterocycles. The lowest BCUT2D eigenvalue weighted by Crippen LogP contribution is -2.24. The van der Waals surface area contributed by atoms with Crippen molar-refractivity contribution in [3.05, 3.63) is 11.8 Å². The van der Waals surface area contributed by atoms with Crippen molar-refractivity contribution >= 4 is 14.3 Å². The number of ether oxygens (including phenoxy) is 1. The first-order valence-electron chi connectivity index (χ1n) is 4.86. The Bertz CT molecular complexity index is 216. The lowest BCUT2D eigenvalue weighted by Gasteiger charge is -2.19. The van der Waals surface area contributed by atoms with E-state index in [0.29, 0.717) is 13.0 Å². The van der Waals surface area contributed by atoms with Crippen LogP contribution < -0.4 is 0 Å². The van der Waals surface area contributed by atoms with Crippen molar-refractivity contribution in [3.63, 3.8) is 0 Å². The molecular formula is C10H20O3Si. The Kier molecular flexibility index (Phi) is 5.53. The van der Waals surface area contributed by atoms with E-state index < -0.39 is 8.32 Å². The number of carbonyl (C=O) groups is 1. The van der Waals surface area contributed by atoms with Gasteiger partial charge in [-0.3, -0.25) is 4.79 Å². The van der Waals surface area contributed by atoms with Crippen LogP contribution in [0, 0.1) is 0 Å². The van der Waals surface area contributed by atoms with E-state index in [9.17, 15) is 4.79 Å². The molecule has 0 saturated carbocycles. The zero-order valence-electron chi connectivity index (χ0n) is 9.72. The van der Waals surface area contributed by atoms with Crippen LogP contribution in [0.3, 0.4) is 0 Å². The molecule has 0 aromatic rings. The molecule has 0 aromatic carbocycles. The van der Waals surface area contributed by atoms with Crippen LogP contribution in [0.25, 0.3) is 0 Å². The molecule has 0 fully saturated rings. The van der Waals surface area contributed by atoms with Gasteiger partial charge in [0, 0.05) is 0 Å². The van der Waals surface area contributed by atoms with Gasteiger partial charge in [-0.15, -0.1) is 0 Å². The number of esters is 1. The maximum Gasteiger partial charge on any atom is 0.309 e. The third-order valence-electron chi connectivity index (χ3n) is 1.33. The molecule has 0 aliphatic carbocycles. The van der Waals surface area contributed by atoms with Gasteiger partial charge in [-0.25, -0.2) is 0 Å². The normalized spacial score (nSPS) is 12.5. The number of carbonyl (C=O) groups excluding carboxylic acids is 1. The van der Waals surface area contributed by atoms with Gasteiger partial charge in [-0.05, 0) is 39.6 Å². The Balaban J connectivity index is 3.94. The third-order valence-corrected chi connectivity index (χ3v) is 2.26. The van der Waals surface area contributed by atoms with E-state index in [1.54, 1.807) is 13.0 Å². The summed E-state index contributed by atoms with van der Waals surface area (Å²) in [5.41, 5.74) is 0. The fraction of sp³-hybridized carbons (Fsp3) is 0.700. The molecule has 82 valence electrons. The molecule has 0 rings (SSSR count). The summed E-state index contributed by atoms with van der Waals surface area (Å²) in [7, 11) is -1.53. The molecule has 14 heavy (non-hydrogen) atoms. The summed E-state index contributed by atoms with van der Waals surface area (Å²) < 4.78 is 10.5. The van der Waals surface area contributed by atoms with Crippen LogP contribution in [0.4, 0.5) is 0 Å². The van der Waals surface area contributed by atoms with Gasteiger partial charge >= 0.3 is 5.97 Å². The fourth-order valence-electron chi connectivity index (χ4n) is 0.972. The maximum absolute atomic E-state index is 11.0. The highest BCUT2D eigenvalue weighted by molar-refractivity contribution is 6.70. The Morgan fingerprint density at radius 3 is 2.36 bits per heavy atom. The van der Waals surface area contributed by atoms with E-state index in [-0.39, 0.29) is 5.97 Å². The van der Waals surface area contributed by atoms with E-state index >= 15 is 0 Å². The summed E-state index contributed by atoms with van der Waals surface area (Å²) in [6.45, 7) is 10.4. The molecule has 0 bridgehead atoms. The van der Waals surface area contributed by atoms with E-state index in [2.05, 4.69) is 19.6 Å². The van der Waals surface area contributed by atoms with Crippen LogP contribution in [0.5, 0.6) is 0 Å². The Morgan fingerprint density at radius 2 is 1.93 bits per heavy atom. The van der Waals surface area contributed by atoms with Gasteiger partial charge in [-0.2, -0.15) is 0 Å². The second kappa shape index (κ2) is 5.85. The molecule has 0 saturated heterocycles. The molecule has 0 radical (unpaired) electrons. The second-order valence-electron chi connectivity index (χ2n) is 4.04. The third kappa shape index (κ3) is 7.85. The van der Waals surface area contributed by atoms with Gasteiger partial charge in [0.1, 0.15) is 0 Å². The molecule has 0 spiro atoms. The number of rotatable bonds is 5. The lowest BCUT2D eigenvalue weighted by molar-refractivity contribution is -0.142. The minimum Gasteiger partial charge on any atom is -0.548 e. The number of hydrogen-bond donors (Lipinski definition) is 0. The van der Waals surface area contributed by atoms with Crippen molar-refractivity contribution in [2.24, 2.45) is 0 Å². The molecule has 0 atom stereocenters. The molecular weight excluding hydrogens is 196 g/mol. The van der Waals surface area contributed by atoms with Crippen LogP contribution in [-0.2, 0) is 14.0 Å². The van der Waals surface area contributed by atoms with Crippen LogP contribution in [-0.4, -0.2) is 20.9 Å². The minimum atomic E-state index is -1.53. The fourth-order valence-corrected chi connectivity index (χ4v) is 2.02. The highest BCUT2D eigenvalue weighted by Gasteiger charge is 2.15. The van der Waals surface area contributed by atoms with Crippen molar-refractivity contribution < 1.29 is 14.0 Å². The van der Waals surface area contributed by atoms with Crippen molar-refractivity contribution in [3.8, 4) is 0 Å². The molecule has 0 aromatic heterocycles. The molecule has 0 unspecified atom stereocenters. The summed E-state index contributed by atoms with van der Waals surface area (Å²) in [5, 5.41) is 0. The van der Waals surface area contributed by atoms with Crippen LogP contribution in [0.1, 0.15) is 20.3 Å². The predicted octanol–water partition coefficient (Wildman–Crippen LogP) is 2.69. The Hall–Kier alpha value is -0.773. The molecule has 4 heteroatoms. The Labute approximate surface area is 87.2 Å². The molecule has 0 aliphatic rings. The second-order valence-corrected chi connectivity index (χ2v) is 8.47. The van der Waals surface area contributed by atoms with Gasteiger partial charge in [0.2, 0.25) is 8.32 Å². The number of hydrogen-bond acceptors (Lipinski definition) is 3. The monoisotopic (exact) mass is 216 g/mol. The maximum atomic E-state index is 11.0. The smallest absolute Gasteiger partial charge is 0.309 e. The summed E-state index contributed by atoms with van der Waals surface area (Å²) in [6, 6.07) is 0. The zero-order chi connectivity index (χ0) is 11.2. The largest absolute Gasteiger partial charge is 0.548 e.